The summed E-state index contributed by atoms with van der Waals surface area (Å²) in [4.78, 5) is 41.9. The van der Waals surface area contributed by atoms with E-state index in [-0.39, 0.29) is 34.7 Å². The second kappa shape index (κ2) is 8.24. The number of thioether (sulfide) groups is 1. The zero-order valence-electron chi connectivity index (χ0n) is 16.7. The maximum Gasteiger partial charge on any atom is 0.267 e. The molecular formula is C22H18FN3O3S2. The lowest BCUT2D eigenvalue weighted by Crippen LogP contribution is -2.36. The largest absolute Gasteiger partial charge is 0.322 e. The quantitative estimate of drug-likeness (QED) is 0.561. The second-order valence-corrected chi connectivity index (χ2v) is 8.92. The van der Waals surface area contributed by atoms with Crippen LogP contribution < -0.4 is 10.2 Å². The van der Waals surface area contributed by atoms with Crippen LogP contribution in [0.15, 0.2) is 53.4 Å². The van der Waals surface area contributed by atoms with Crippen LogP contribution in [-0.2, 0) is 14.4 Å². The molecule has 2 aliphatic heterocycles. The minimum atomic E-state index is -0.568. The summed E-state index contributed by atoms with van der Waals surface area (Å²) >= 11 is 6.43. The van der Waals surface area contributed by atoms with Gasteiger partial charge in [-0.05, 0) is 32.0 Å². The molecule has 2 aliphatic rings. The van der Waals surface area contributed by atoms with Crippen molar-refractivity contribution in [2.75, 3.05) is 16.8 Å². The highest BCUT2D eigenvalue weighted by molar-refractivity contribution is 8.26. The molecule has 2 heterocycles. The molecule has 4 rings (SSSR count). The Morgan fingerprint density at radius 2 is 1.77 bits per heavy atom. The predicted octanol–water partition coefficient (Wildman–Crippen LogP) is 3.79. The summed E-state index contributed by atoms with van der Waals surface area (Å²) in [5.74, 6) is -1.90. The first-order chi connectivity index (χ1) is 14.8. The van der Waals surface area contributed by atoms with Crippen molar-refractivity contribution in [3.8, 4) is 0 Å². The van der Waals surface area contributed by atoms with Crippen LogP contribution in [0, 0.1) is 5.82 Å². The highest BCUT2D eigenvalue weighted by atomic mass is 32.2. The summed E-state index contributed by atoms with van der Waals surface area (Å²) in [6, 6.07) is 12.6. The van der Waals surface area contributed by atoms with E-state index in [1.54, 1.807) is 30.3 Å². The van der Waals surface area contributed by atoms with E-state index in [9.17, 15) is 18.8 Å². The van der Waals surface area contributed by atoms with Gasteiger partial charge in [0.1, 0.15) is 16.7 Å². The molecule has 0 saturated carbocycles. The molecule has 0 bridgehead atoms. The minimum Gasteiger partial charge on any atom is -0.322 e. The van der Waals surface area contributed by atoms with Crippen LogP contribution in [0.3, 0.4) is 0 Å². The van der Waals surface area contributed by atoms with E-state index in [1.807, 2.05) is 13.8 Å². The molecule has 158 valence electrons. The summed E-state index contributed by atoms with van der Waals surface area (Å²) < 4.78 is 14.3. The first kappa shape index (κ1) is 21.2. The molecule has 0 radical (unpaired) electrons. The zero-order chi connectivity index (χ0) is 22.3. The number of nitrogens with zero attached hydrogens (tertiary/aromatic N) is 2. The third-order valence-corrected chi connectivity index (χ3v) is 6.32. The SMILES string of the molecule is CC(C)N1C(=O)/C(=C2\C(=O)N(CC(=O)Nc3ccccc3F)c3ccccc32)SC1=S. The van der Waals surface area contributed by atoms with Crippen LogP contribution in [0.1, 0.15) is 19.4 Å². The highest BCUT2D eigenvalue weighted by Gasteiger charge is 2.43. The number of carbonyl (C=O) groups excluding carboxylic acids is 3. The molecule has 31 heavy (non-hydrogen) atoms. The summed E-state index contributed by atoms with van der Waals surface area (Å²) in [6.45, 7) is 3.38. The number of carbonyl (C=O) groups is 3. The Hall–Kier alpha value is -3.04. The van der Waals surface area contributed by atoms with Crippen molar-refractivity contribution in [1.29, 1.82) is 0 Å². The molecule has 9 heteroatoms. The first-order valence-corrected chi connectivity index (χ1v) is 10.8. The fourth-order valence-electron chi connectivity index (χ4n) is 3.53. The molecule has 2 aromatic carbocycles. The third kappa shape index (κ3) is 3.75. The topological polar surface area (TPSA) is 69.7 Å². The molecule has 0 unspecified atom stereocenters. The number of thiocarbonyl (C=S) groups is 1. The number of benzene rings is 2. The number of halogens is 1. The van der Waals surface area contributed by atoms with E-state index in [0.29, 0.717) is 15.6 Å². The predicted molar refractivity (Wildman–Crippen MR) is 123 cm³/mol. The van der Waals surface area contributed by atoms with Crippen molar-refractivity contribution in [2.45, 2.75) is 19.9 Å². The lowest BCUT2D eigenvalue weighted by molar-refractivity contribution is -0.123. The Kier molecular flexibility index (Phi) is 5.63. The van der Waals surface area contributed by atoms with E-state index >= 15 is 0 Å². The lowest BCUT2D eigenvalue weighted by atomic mass is 10.1. The number of anilines is 2. The van der Waals surface area contributed by atoms with Gasteiger partial charge in [-0.2, -0.15) is 0 Å². The number of hydrogen-bond acceptors (Lipinski definition) is 5. The molecule has 0 aliphatic carbocycles. The Bertz CT molecular complexity index is 1160. The average molecular weight is 456 g/mol. The van der Waals surface area contributed by atoms with Crippen LogP contribution in [0.2, 0.25) is 0 Å². The van der Waals surface area contributed by atoms with E-state index in [1.165, 1.54) is 28.0 Å². The van der Waals surface area contributed by atoms with Gasteiger partial charge < -0.3 is 5.32 Å². The summed E-state index contributed by atoms with van der Waals surface area (Å²) in [5, 5.41) is 2.49. The Morgan fingerprint density at radius 1 is 1.10 bits per heavy atom. The van der Waals surface area contributed by atoms with E-state index in [4.69, 9.17) is 12.2 Å². The number of rotatable bonds is 4. The minimum absolute atomic E-state index is 0.0328. The van der Waals surface area contributed by atoms with Gasteiger partial charge in [0.2, 0.25) is 5.91 Å². The molecule has 2 aromatic rings. The maximum absolute atomic E-state index is 13.9. The summed E-state index contributed by atoms with van der Waals surface area (Å²) in [5.41, 5.74) is 1.34. The molecule has 0 atom stereocenters. The fraction of sp³-hybridized carbons (Fsp3) is 0.182. The maximum atomic E-state index is 13.9. The lowest BCUT2D eigenvalue weighted by Gasteiger charge is -2.18. The number of para-hydroxylation sites is 2. The van der Waals surface area contributed by atoms with Crippen molar-refractivity contribution in [3.05, 3.63) is 64.8 Å². The van der Waals surface area contributed by atoms with Crippen molar-refractivity contribution >= 4 is 63.0 Å². The third-order valence-electron chi connectivity index (χ3n) is 4.92. The van der Waals surface area contributed by atoms with Gasteiger partial charge in [0, 0.05) is 11.6 Å². The van der Waals surface area contributed by atoms with Crippen molar-refractivity contribution in [1.82, 2.24) is 4.90 Å². The summed E-state index contributed by atoms with van der Waals surface area (Å²) in [6.07, 6.45) is 0. The van der Waals surface area contributed by atoms with Crippen molar-refractivity contribution < 1.29 is 18.8 Å². The Balaban J connectivity index is 1.67. The summed E-state index contributed by atoms with van der Waals surface area (Å²) in [7, 11) is 0. The van der Waals surface area contributed by atoms with Crippen LogP contribution in [0.4, 0.5) is 15.8 Å². The number of amides is 3. The van der Waals surface area contributed by atoms with Gasteiger partial charge in [0.25, 0.3) is 11.8 Å². The van der Waals surface area contributed by atoms with Gasteiger partial charge in [-0.1, -0.05) is 54.3 Å². The zero-order valence-corrected chi connectivity index (χ0v) is 18.3. The average Bonchev–Trinajstić information content (AvgIpc) is 3.16. The van der Waals surface area contributed by atoms with E-state index < -0.39 is 17.6 Å². The van der Waals surface area contributed by atoms with Gasteiger partial charge in [-0.3, -0.25) is 24.2 Å². The van der Waals surface area contributed by atoms with Gasteiger partial charge >= 0.3 is 0 Å². The number of hydrogen-bond donors (Lipinski definition) is 1. The van der Waals surface area contributed by atoms with Crippen LogP contribution in [0.25, 0.3) is 5.57 Å². The van der Waals surface area contributed by atoms with E-state index in [0.717, 1.165) is 11.8 Å². The molecule has 0 spiro atoms. The van der Waals surface area contributed by atoms with Crippen LogP contribution >= 0.6 is 24.0 Å². The molecule has 1 fully saturated rings. The van der Waals surface area contributed by atoms with Gasteiger partial charge in [-0.15, -0.1) is 0 Å². The first-order valence-electron chi connectivity index (χ1n) is 9.55. The Labute approximate surface area is 188 Å². The molecule has 1 N–H and O–H groups in total. The van der Waals surface area contributed by atoms with Gasteiger partial charge in [0.05, 0.1) is 21.9 Å². The highest BCUT2D eigenvalue weighted by Crippen LogP contribution is 2.44. The van der Waals surface area contributed by atoms with Crippen molar-refractivity contribution in [2.24, 2.45) is 0 Å². The standard InChI is InChI=1S/C22H18FN3O3S2/c1-12(2)26-21(29)19(31-22(26)30)18-13-7-3-6-10-16(13)25(20(18)28)11-17(27)24-15-9-5-4-8-14(15)23/h3-10,12H,11H2,1-2H3,(H,24,27)/b19-18+. The van der Waals surface area contributed by atoms with Crippen LogP contribution in [-0.4, -0.2) is 39.5 Å². The molecular weight excluding hydrogens is 437 g/mol. The van der Waals surface area contributed by atoms with Crippen LogP contribution in [0.5, 0.6) is 0 Å². The molecule has 6 nitrogen and oxygen atoms in total. The smallest absolute Gasteiger partial charge is 0.267 e. The van der Waals surface area contributed by atoms with Gasteiger partial charge in [-0.25, -0.2) is 4.39 Å². The number of fused-ring (bicyclic) bond motifs is 1. The fourth-order valence-corrected chi connectivity index (χ4v) is 5.12. The number of nitrogens with one attached hydrogen (secondary N) is 1. The molecule has 3 amide bonds. The normalized spacial score (nSPS) is 18.3. The second-order valence-electron chi connectivity index (χ2n) is 7.28. The molecule has 0 aromatic heterocycles. The Morgan fingerprint density at radius 3 is 2.45 bits per heavy atom. The monoisotopic (exact) mass is 455 g/mol. The molecule has 1 saturated heterocycles. The van der Waals surface area contributed by atoms with Crippen molar-refractivity contribution in [3.63, 3.8) is 0 Å². The van der Waals surface area contributed by atoms with E-state index in [2.05, 4.69) is 5.32 Å². The van der Waals surface area contributed by atoms with Gasteiger partial charge in [0.15, 0.2) is 0 Å².